The summed E-state index contributed by atoms with van der Waals surface area (Å²) in [6, 6.07) is 6.06. The van der Waals surface area contributed by atoms with E-state index in [0.29, 0.717) is 18.3 Å². The van der Waals surface area contributed by atoms with E-state index in [4.69, 9.17) is 0 Å². The van der Waals surface area contributed by atoms with Gasteiger partial charge < -0.3 is 10.6 Å². The third-order valence-electron chi connectivity index (χ3n) is 3.04. The summed E-state index contributed by atoms with van der Waals surface area (Å²) in [6.45, 7) is 0.311. The fourth-order valence-corrected chi connectivity index (χ4v) is 2.71. The first-order valence-electron chi connectivity index (χ1n) is 6.30. The SMILES string of the molecule is O=C(Nc1ccccc1SCC(F)(F)F)C1(F)CCNC1. The highest BCUT2D eigenvalue weighted by Gasteiger charge is 2.41. The van der Waals surface area contributed by atoms with Crippen molar-refractivity contribution >= 4 is 23.4 Å². The lowest BCUT2D eigenvalue weighted by Gasteiger charge is -2.19. The summed E-state index contributed by atoms with van der Waals surface area (Å²) in [6.07, 6.45) is -4.25. The van der Waals surface area contributed by atoms with Crippen molar-refractivity contribution in [2.75, 3.05) is 24.2 Å². The zero-order valence-corrected chi connectivity index (χ0v) is 11.8. The van der Waals surface area contributed by atoms with E-state index in [1.54, 1.807) is 12.1 Å². The van der Waals surface area contributed by atoms with Gasteiger partial charge in [-0.05, 0) is 18.7 Å². The van der Waals surface area contributed by atoms with Crippen LogP contribution in [0.2, 0.25) is 0 Å². The average molecular weight is 322 g/mol. The molecular weight excluding hydrogens is 308 g/mol. The third-order valence-corrected chi connectivity index (χ3v) is 4.18. The second-order valence-electron chi connectivity index (χ2n) is 4.75. The van der Waals surface area contributed by atoms with Crippen molar-refractivity contribution in [3.05, 3.63) is 24.3 Å². The van der Waals surface area contributed by atoms with Gasteiger partial charge in [-0.2, -0.15) is 13.2 Å². The molecule has 1 aromatic carbocycles. The quantitative estimate of drug-likeness (QED) is 0.661. The van der Waals surface area contributed by atoms with Gasteiger partial charge in [0.25, 0.3) is 5.91 Å². The minimum atomic E-state index is -4.31. The number of benzene rings is 1. The first-order chi connectivity index (χ1) is 9.80. The zero-order chi connectivity index (χ0) is 15.5. The van der Waals surface area contributed by atoms with Gasteiger partial charge in [0, 0.05) is 17.9 Å². The van der Waals surface area contributed by atoms with Crippen molar-refractivity contribution in [1.82, 2.24) is 5.32 Å². The molecule has 0 bridgehead atoms. The molecule has 0 radical (unpaired) electrons. The maximum atomic E-state index is 14.2. The van der Waals surface area contributed by atoms with E-state index in [9.17, 15) is 22.4 Å². The van der Waals surface area contributed by atoms with Crippen LogP contribution in [-0.4, -0.2) is 36.6 Å². The van der Waals surface area contributed by atoms with Crippen molar-refractivity contribution in [3.63, 3.8) is 0 Å². The van der Waals surface area contributed by atoms with Gasteiger partial charge in [-0.1, -0.05) is 12.1 Å². The van der Waals surface area contributed by atoms with Crippen LogP contribution in [0.1, 0.15) is 6.42 Å². The Morgan fingerprint density at radius 3 is 2.71 bits per heavy atom. The van der Waals surface area contributed by atoms with Crippen LogP contribution in [0.5, 0.6) is 0 Å². The molecule has 1 aliphatic rings. The number of alkyl halides is 4. The smallest absolute Gasteiger partial charge is 0.322 e. The molecule has 1 heterocycles. The zero-order valence-electron chi connectivity index (χ0n) is 11.0. The van der Waals surface area contributed by atoms with Crippen molar-refractivity contribution in [3.8, 4) is 0 Å². The Bertz CT molecular complexity index is 515. The Hall–Kier alpha value is -1.28. The lowest BCUT2D eigenvalue weighted by Crippen LogP contribution is -2.40. The standard InChI is InChI=1S/C13H14F4N2OS/c14-12(5-6-18-7-12)11(20)19-9-3-1-2-4-10(9)21-8-13(15,16)17/h1-4,18H,5-8H2,(H,19,20). The van der Waals surface area contributed by atoms with Gasteiger partial charge in [-0.3, -0.25) is 4.79 Å². The Balaban J connectivity index is 2.07. The van der Waals surface area contributed by atoms with Gasteiger partial charge in [0.05, 0.1) is 11.4 Å². The Morgan fingerprint density at radius 1 is 1.38 bits per heavy atom. The molecule has 8 heteroatoms. The van der Waals surface area contributed by atoms with Gasteiger partial charge in [0.2, 0.25) is 5.67 Å². The Kier molecular flexibility index (Phi) is 4.77. The third kappa shape index (κ3) is 4.34. The highest BCUT2D eigenvalue weighted by molar-refractivity contribution is 7.99. The summed E-state index contributed by atoms with van der Waals surface area (Å²) in [7, 11) is 0. The molecule has 3 nitrogen and oxygen atoms in total. The molecule has 0 spiro atoms. The van der Waals surface area contributed by atoms with Gasteiger partial charge in [0.15, 0.2) is 0 Å². The molecule has 1 fully saturated rings. The van der Waals surface area contributed by atoms with Crippen molar-refractivity contribution in [2.24, 2.45) is 0 Å². The highest BCUT2D eigenvalue weighted by Crippen LogP contribution is 2.33. The number of carbonyl (C=O) groups excluding carboxylic acids is 1. The van der Waals surface area contributed by atoms with Crippen molar-refractivity contribution in [1.29, 1.82) is 0 Å². The number of nitrogens with one attached hydrogen (secondary N) is 2. The van der Waals surface area contributed by atoms with E-state index < -0.39 is 23.5 Å². The van der Waals surface area contributed by atoms with E-state index in [1.807, 2.05) is 0 Å². The number of carbonyl (C=O) groups is 1. The fourth-order valence-electron chi connectivity index (χ4n) is 1.94. The number of anilines is 1. The van der Waals surface area contributed by atoms with E-state index in [0.717, 1.165) is 0 Å². The predicted molar refractivity (Wildman–Crippen MR) is 73.2 cm³/mol. The second kappa shape index (κ2) is 6.23. The van der Waals surface area contributed by atoms with Crippen molar-refractivity contribution in [2.45, 2.75) is 23.2 Å². The topological polar surface area (TPSA) is 41.1 Å². The van der Waals surface area contributed by atoms with E-state index >= 15 is 0 Å². The van der Waals surface area contributed by atoms with Crippen LogP contribution >= 0.6 is 11.8 Å². The highest BCUT2D eigenvalue weighted by atomic mass is 32.2. The molecule has 1 aromatic rings. The number of hydrogen-bond acceptors (Lipinski definition) is 3. The second-order valence-corrected chi connectivity index (χ2v) is 5.76. The average Bonchev–Trinajstić information content (AvgIpc) is 2.85. The number of amides is 1. The van der Waals surface area contributed by atoms with Crippen LogP contribution in [0.3, 0.4) is 0 Å². The summed E-state index contributed by atoms with van der Waals surface area (Å²) in [4.78, 5) is 12.2. The van der Waals surface area contributed by atoms with Gasteiger partial charge in [-0.15, -0.1) is 11.8 Å². The van der Waals surface area contributed by atoms with Crippen LogP contribution in [0, 0.1) is 0 Å². The molecule has 116 valence electrons. The molecular formula is C13H14F4N2OS. The monoisotopic (exact) mass is 322 g/mol. The first-order valence-corrected chi connectivity index (χ1v) is 7.28. The first kappa shape index (κ1) is 16.1. The molecule has 0 saturated carbocycles. The minimum Gasteiger partial charge on any atom is -0.322 e. The van der Waals surface area contributed by atoms with Crippen LogP contribution in [0.15, 0.2) is 29.2 Å². The number of rotatable bonds is 4. The summed E-state index contributed by atoms with van der Waals surface area (Å²) >= 11 is 0.560. The van der Waals surface area contributed by atoms with E-state index in [-0.39, 0.29) is 23.5 Å². The molecule has 1 aliphatic heterocycles. The van der Waals surface area contributed by atoms with Crippen LogP contribution in [-0.2, 0) is 4.79 Å². The molecule has 2 rings (SSSR count). The van der Waals surface area contributed by atoms with Crippen LogP contribution < -0.4 is 10.6 Å². The maximum Gasteiger partial charge on any atom is 0.398 e. The number of hydrogen-bond donors (Lipinski definition) is 2. The van der Waals surface area contributed by atoms with Crippen molar-refractivity contribution < 1.29 is 22.4 Å². The van der Waals surface area contributed by atoms with Gasteiger partial charge in [-0.25, -0.2) is 4.39 Å². The van der Waals surface area contributed by atoms with E-state index in [2.05, 4.69) is 10.6 Å². The Labute approximate surface area is 123 Å². The summed E-state index contributed by atoms with van der Waals surface area (Å²) in [5.74, 6) is -1.89. The maximum absolute atomic E-state index is 14.2. The molecule has 0 aliphatic carbocycles. The normalized spacial score (nSPS) is 22.3. The molecule has 21 heavy (non-hydrogen) atoms. The molecule has 0 aromatic heterocycles. The number of thioether (sulfide) groups is 1. The van der Waals surface area contributed by atoms with Crippen LogP contribution in [0.25, 0.3) is 0 Å². The predicted octanol–water partition coefficient (Wildman–Crippen LogP) is 2.98. The number of para-hydroxylation sites is 1. The molecule has 2 N–H and O–H groups in total. The minimum absolute atomic E-state index is 0.0523. The van der Waals surface area contributed by atoms with Crippen LogP contribution in [0.4, 0.5) is 23.2 Å². The summed E-state index contributed by atoms with van der Waals surface area (Å²) in [5, 5.41) is 5.14. The summed E-state index contributed by atoms with van der Waals surface area (Å²) < 4.78 is 51.0. The van der Waals surface area contributed by atoms with Gasteiger partial charge >= 0.3 is 6.18 Å². The number of halogens is 4. The molecule has 1 saturated heterocycles. The largest absolute Gasteiger partial charge is 0.398 e. The van der Waals surface area contributed by atoms with E-state index in [1.165, 1.54) is 12.1 Å². The van der Waals surface area contributed by atoms with Gasteiger partial charge in [0.1, 0.15) is 0 Å². The summed E-state index contributed by atoms with van der Waals surface area (Å²) in [5.41, 5.74) is -1.82. The molecule has 1 atom stereocenters. The Morgan fingerprint density at radius 2 is 2.10 bits per heavy atom. The fraction of sp³-hybridized carbons (Fsp3) is 0.462. The lowest BCUT2D eigenvalue weighted by molar-refractivity contribution is -0.126. The molecule has 1 amide bonds. The lowest BCUT2D eigenvalue weighted by atomic mass is 10.0. The molecule has 1 unspecified atom stereocenters.